The van der Waals surface area contributed by atoms with E-state index in [2.05, 4.69) is 4.98 Å². The molecule has 1 fully saturated rings. The first kappa shape index (κ1) is 12.9. The summed E-state index contributed by atoms with van der Waals surface area (Å²) < 4.78 is 0. The van der Waals surface area contributed by atoms with Crippen LogP contribution >= 0.6 is 11.8 Å². The number of benzene rings is 1. The van der Waals surface area contributed by atoms with E-state index in [9.17, 15) is 4.79 Å². The minimum atomic E-state index is -0.396. The number of nitrogens with zero attached hydrogens (tertiary/aromatic N) is 2. The molecule has 1 aliphatic rings. The van der Waals surface area contributed by atoms with Gasteiger partial charge >= 0.3 is 0 Å². The molecule has 1 aliphatic heterocycles. The van der Waals surface area contributed by atoms with Gasteiger partial charge in [0.25, 0.3) is 5.91 Å². The Hall–Kier alpha value is -2.11. The largest absolute Gasteiger partial charge is 0.302 e. The number of carbonyl (C=O) groups is 1. The van der Waals surface area contributed by atoms with E-state index in [0.29, 0.717) is 4.91 Å². The van der Waals surface area contributed by atoms with Crippen LogP contribution in [-0.2, 0) is 4.79 Å². The van der Waals surface area contributed by atoms with E-state index in [1.807, 2.05) is 48.5 Å². The van der Waals surface area contributed by atoms with Gasteiger partial charge in [-0.05, 0) is 29.8 Å². The van der Waals surface area contributed by atoms with Crippen molar-refractivity contribution in [1.29, 1.82) is 0 Å². The van der Waals surface area contributed by atoms with Crippen LogP contribution < -0.4 is 10.6 Å². The van der Waals surface area contributed by atoms with Gasteiger partial charge < -0.3 is 5.73 Å². The molecule has 2 heterocycles. The quantitative estimate of drug-likeness (QED) is 0.860. The number of amides is 1. The van der Waals surface area contributed by atoms with E-state index < -0.39 is 5.50 Å². The molecular weight excluding hydrogens is 270 g/mol. The average molecular weight is 283 g/mol. The summed E-state index contributed by atoms with van der Waals surface area (Å²) in [5, 5.41) is 0. The van der Waals surface area contributed by atoms with Crippen molar-refractivity contribution in [3.05, 3.63) is 65.3 Å². The first-order valence-corrected chi connectivity index (χ1v) is 7.06. The summed E-state index contributed by atoms with van der Waals surface area (Å²) >= 11 is 1.36. The van der Waals surface area contributed by atoms with Crippen LogP contribution in [0.2, 0.25) is 0 Å². The molecule has 0 aliphatic carbocycles. The highest BCUT2D eigenvalue weighted by atomic mass is 32.2. The van der Waals surface area contributed by atoms with Gasteiger partial charge in [-0.2, -0.15) is 0 Å². The van der Waals surface area contributed by atoms with Gasteiger partial charge in [0.2, 0.25) is 0 Å². The number of hydrogen-bond acceptors (Lipinski definition) is 4. The summed E-state index contributed by atoms with van der Waals surface area (Å²) in [5.74, 6) is -0.0717. The molecule has 0 spiro atoms. The maximum absolute atomic E-state index is 12.5. The molecule has 1 amide bonds. The van der Waals surface area contributed by atoms with Crippen molar-refractivity contribution >= 4 is 29.4 Å². The molecule has 3 rings (SSSR count). The molecule has 0 saturated carbocycles. The lowest BCUT2D eigenvalue weighted by atomic mass is 10.2. The minimum absolute atomic E-state index is 0.0717. The van der Waals surface area contributed by atoms with Gasteiger partial charge in [0.15, 0.2) is 0 Å². The number of thioether (sulfide) groups is 1. The normalized spacial score (nSPS) is 20.6. The van der Waals surface area contributed by atoms with E-state index in [4.69, 9.17) is 5.73 Å². The second-order valence-electron chi connectivity index (χ2n) is 4.31. The van der Waals surface area contributed by atoms with E-state index in [0.717, 1.165) is 11.3 Å². The van der Waals surface area contributed by atoms with Crippen LogP contribution in [0.3, 0.4) is 0 Å². The molecule has 1 saturated heterocycles. The van der Waals surface area contributed by atoms with E-state index in [1.54, 1.807) is 17.3 Å². The van der Waals surface area contributed by atoms with Crippen LogP contribution in [0, 0.1) is 0 Å². The summed E-state index contributed by atoms with van der Waals surface area (Å²) in [6.45, 7) is 0. The summed E-state index contributed by atoms with van der Waals surface area (Å²) in [7, 11) is 0. The third-order valence-electron chi connectivity index (χ3n) is 2.95. The van der Waals surface area contributed by atoms with E-state index >= 15 is 0 Å². The number of hydrogen-bond donors (Lipinski definition) is 1. The number of anilines is 1. The Balaban J connectivity index is 1.91. The monoisotopic (exact) mass is 283 g/mol. The Kier molecular flexibility index (Phi) is 3.54. The van der Waals surface area contributed by atoms with Crippen molar-refractivity contribution in [2.75, 3.05) is 4.90 Å². The van der Waals surface area contributed by atoms with Crippen molar-refractivity contribution < 1.29 is 4.79 Å². The van der Waals surface area contributed by atoms with Crippen molar-refractivity contribution in [1.82, 2.24) is 4.98 Å². The van der Waals surface area contributed by atoms with Gasteiger partial charge in [-0.3, -0.25) is 14.7 Å². The lowest BCUT2D eigenvalue weighted by Gasteiger charge is -2.19. The molecule has 1 aromatic heterocycles. The Bertz CT molecular complexity index is 643. The molecule has 1 aromatic carbocycles. The summed E-state index contributed by atoms with van der Waals surface area (Å²) in [5.41, 5.74) is 7.37. The van der Waals surface area contributed by atoms with Gasteiger partial charge in [0.1, 0.15) is 5.50 Å². The fourth-order valence-corrected chi connectivity index (χ4v) is 3.02. The van der Waals surface area contributed by atoms with Gasteiger partial charge in [-0.15, -0.1) is 0 Å². The molecule has 1 atom stereocenters. The number of carbonyl (C=O) groups excluding carboxylic acids is 1. The maximum atomic E-state index is 12.5. The molecule has 1 unspecified atom stereocenters. The maximum Gasteiger partial charge on any atom is 0.266 e. The highest BCUT2D eigenvalue weighted by Gasteiger charge is 2.34. The van der Waals surface area contributed by atoms with Gasteiger partial charge in [0, 0.05) is 18.1 Å². The summed E-state index contributed by atoms with van der Waals surface area (Å²) in [4.78, 5) is 18.7. The molecule has 0 bridgehead atoms. The van der Waals surface area contributed by atoms with Gasteiger partial charge in [-0.25, -0.2) is 0 Å². The number of nitrogens with two attached hydrogens (primary N) is 1. The third kappa shape index (κ3) is 2.45. The molecule has 2 aromatic rings. The first-order valence-electron chi connectivity index (χ1n) is 6.18. The zero-order chi connectivity index (χ0) is 13.9. The number of aromatic nitrogens is 1. The minimum Gasteiger partial charge on any atom is -0.302 e. The molecule has 0 radical (unpaired) electrons. The fraction of sp³-hybridized carbons (Fsp3) is 0.0667. The lowest BCUT2D eigenvalue weighted by Crippen LogP contribution is -2.37. The number of pyridine rings is 1. The van der Waals surface area contributed by atoms with Crippen LogP contribution in [-0.4, -0.2) is 16.4 Å². The first-order chi connectivity index (χ1) is 9.75. The number of rotatable bonds is 2. The predicted octanol–water partition coefficient (Wildman–Crippen LogP) is 2.44. The molecule has 100 valence electrons. The van der Waals surface area contributed by atoms with Crippen molar-refractivity contribution in [3.8, 4) is 0 Å². The SMILES string of the molecule is NC1SC(=Cc2cccnc2)C(=O)N1c1ccccc1. The smallest absolute Gasteiger partial charge is 0.266 e. The number of para-hydroxylation sites is 1. The standard InChI is InChI=1S/C15H13N3OS/c16-15-18(12-6-2-1-3-7-12)14(19)13(20-15)9-11-5-4-8-17-10-11/h1-10,15H,16H2. The Morgan fingerprint density at radius 1 is 1.20 bits per heavy atom. The van der Waals surface area contributed by atoms with Crippen molar-refractivity contribution in [2.24, 2.45) is 5.73 Å². The van der Waals surface area contributed by atoms with Crippen molar-refractivity contribution in [3.63, 3.8) is 0 Å². The van der Waals surface area contributed by atoms with Gasteiger partial charge in [-0.1, -0.05) is 36.0 Å². The van der Waals surface area contributed by atoms with E-state index in [1.165, 1.54) is 11.8 Å². The molecular formula is C15H13N3OS. The van der Waals surface area contributed by atoms with Crippen LogP contribution in [0.15, 0.2) is 59.8 Å². The fourth-order valence-electron chi connectivity index (χ4n) is 2.03. The van der Waals surface area contributed by atoms with Crippen LogP contribution in [0.25, 0.3) is 6.08 Å². The summed E-state index contributed by atoms with van der Waals surface area (Å²) in [6, 6.07) is 13.2. The Morgan fingerprint density at radius 3 is 2.70 bits per heavy atom. The molecule has 2 N–H and O–H groups in total. The average Bonchev–Trinajstić information content (AvgIpc) is 2.75. The van der Waals surface area contributed by atoms with Crippen molar-refractivity contribution in [2.45, 2.75) is 5.50 Å². The topological polar surface area (TPSA) is 59.2 Å². The highest BCUT2D eigenvalue weighted by Crippen LogP contribution is 2.36. The molecule has 5 heteroatoms. The Labute approximate surface area is 121 Å². The zero-order valence-corrected chi connectivity index (χ0v) is 11.5. The highest BCUT2D eigenvalue weighted by molar-refractivity contribution is 8.05. The van der Waals surface area contributed by atoms with E-state index in [-0.39, 0.29) is 5.91 Å². The second kappa shape index (κ2) is 5.48. The summed E-state index contributed by atoms with van der Waals surface area (Å²) in [6.07, 6.45) is 5.24. The lowest BCUT2D eigenvalue weighted by molar-refractivity contribution is -0.114. The molecule has 4 nitrogen and oxygen atoms in total. The second-order valence-corrected chi connectivity index (χ2v) is 5.47. The molecule has 20 heavy (non-hydrogen) atoms. The van der Waals surface area contributed by atoms with Gasteiger partial charge in [0.05, 0.1) is 4.91 Å². The zero-order valence-electron chi connectivity index (χ0n) is 10.6. The third-order valence-corrected chi connectivity index (χ3v) is 3.95. The Morgan fingerprint density at radius 2 is 2.00 bits per heavy atom. The van der Waals surface area contributed by atoms with Crippen LogP contribution in [0.1, 0.15) is 5.56 Å². The predicted molar refractivity (Wildman–Crippen MR) is 81.7 cm³/mol. The van der Waals surface area contributed by atoms with Crippen LogP contribution in [0.5, 0.6) is 0 Å². The van der Waals surface area contributed by atoms with Crippen LogP contribution in [0.4, 0.5) is 5.69 Å².